The average Bonchev–Trinajstić information content (AvgIpc) is 2.27. The molecular formula is C10H12Cl2N2O4. The van der Waals surface area contributed by atoms with Gasteiger partial charge < -0.3 is 14.5 Å². The number of ether oxygens (including phenoxy) is 2. The Bertz CT molecular complexity index is 650. The fourth-order valence-electron chi connectivity index (χ4n) is 1.49. The number of halogens is 2. The second kappa shape index (κ2) is 6.32. The zero-order chi connectivity index (χ0) is 11.7. The van der Waals surface area contributed by atoms with Crippen LogP contribution in [0.25, 0.3) is 10.9 Å². The number of nitrogens with one attached hydrogen (secondary N) is 2. The van der Waals surface area contributed by atoms with Crippen molar-refractivity contribution in [3.05, 3.63) is 33.0 Å². The predicted octanol–water partition coefficient (Wildman–Crippen LogP) is 1.08. The molecule has 0 unspecified atom stereocenters. The second-order valence-corrected chi connectivity index (χ2v) is 3.16. The molecular weight excluding hydrogens is 283 g/mol. The van der Waals surface area contributed by atoms with Gasteiger partial charge in [-0.25, -0.2) is 4.79 Å². The van der Waals surface area contributed by atoms with Crippen LogP contribution in [-0.4, -0.2) is 24.2 Å². The van der Waals surface area contributed by atoms with E-state index in [9.17, 15) is 9.59 Å². The van der Waals surface area contributed by atoms with Crippen molar-refractivity contribution in [3.8, 4) is 11.5 Å². The van der Waals surface area contributed by atoms with Crippen LogP contribution in [0.5, 0.6) is 11.5 Å². The molecule has 0 aliphatic carbocycles. The molecule has 0 spiro atoms. The van der Waals surface area contributed by atoms with Gasteiger partial charge in [-0.1, -0.05) is 0 Å². The van der Waals surface area contributed by atoms with Crippen LogP contribution in [0.3, 0.4) is 0 Å². The zero-order valence-corrected chi connectivity index (χ0v) is 11.2. The van der Waals surface area contributed by atoms with Gasteiger partial charge in [0.15, 0.2) is 11.5 Å². The highest BCUT2D eigenvalue weighted by Gasteiger charge is 2.08. The third-order valence-corrected chi connectivity index (χ3v) is 2.24. The molecule has 1 aromatic heterocycles. The Labute approximate surface area is 114 Å². The van der Waals surface area contributed by atoms with Crippen LogP contribution in [0.2, 0.25) is 0 Å². The summed E-state index contributed by atoms with van der Waals surface area (Å²) in [4.78, 5) is 27.2. The quantitative estimate of drug-likeness (QED) is 0.868. The van der Waals surface area contributed by atoms with Crippen LogP contribution in [0, 0.1) is 0 Å². The van der Waals surface area contributed by atoms with Gasteiger partial charge in [0, 0.05) is 6.07 Å². The van der Waals surface area contributed by atoms with E-state index in [1.54, 1.807) is 6.07 Å². The summed E-state index contributed by atoms with van der Waals surface area (Å²) < 4.78 is 10.1. The van der Waals surface area contributed by atoms with Crippen LogP contribution >= 0.6 is 24.8 Å². The maximum absolute atomic E-state index is 11.5. The third-order valence-electron chi connectivity index (χ3n) is 2.24. The molecule has 0 amide bonds. The first-order valence-electron chi connectivity index (χ1n) is 4.54. The second-order valence-electron chi connectivity index (χ2n) is 3.16. The molecule has 1 aromatic carbocycles. The van der Waals surface area contributed by atoms with Gasteiger partial charge in [0.05, 0.1) is 25.1 Å². The molecule has 8 heteroatoms. The Morgan fingerprint density at radius 1 is 0.944 bits per heavy atom. The lowest BCUT2D eigenvalue weighted by Crippen LogP contribution is -2.21. The number of H-pyrrole nitrogens is 2. The highest BCUT2D eigenvalue weighted by atomic mass is 35.5. The summed E-state index contributed by atoms with van der Waals surface area (Å²) in [7, 11) is 2.96. The molecule has 100 valence electrons. The fraction of sp³-hybridized carbons (Fsp3) is 0.200. The number of hydrogen-bond acceptors (Lipinski definition) is 4. The summed E-state index contributed by atoms with van der Waals surface area (Å²) in [6.45, 7) is 0. The Morgan fingerprint density at radius 3 is 2.06 bits per heavy atom. The highest BCUT2D eigenvalue weighted by Crippen LogP contribution is 2.29. The topological polar surface area (TPSA) is 84.2 Å². The van der Waals surface area contributed by atoms with Crippen molar-refractivity contribution in [2.75, 3.05) is 14.2 Å². The standard InChI is InChI=1S/C10H10N2O4.2ClH/c1-15-7-3-5-6(4-8(7)16-2)11-10(14)12-9(5)13;;/h3-4H,1-2H3,(H2,11,12,13,14);2*1H. The van der Waals surface area contributed by atoms with Gasteiger partial charge in [-0.05, 0) is 6.07 Å². The number of aromatic nitrogens is 2. The lowest BCUT2D eigenvalue weighted by Gasteiger charge is -2.07. The summed E-state index contributed by atoms with van der Waals surface area (Å²) in [6, 6.07) is 3.06. The van der Waals surface area contributed by atoms with E-state index in [2.05, 4.69) is 9.97 Å². The maximum Gasteiger partial charge on any atom is 0.326 e. The molecule has 0 radical (unpaired) electrons. The normalized spacial score (nSPS) is 9.22. The van der Waals surface area contributed by atoms with Crippen molar-refractivity contribution >= 4 is 35.7 Å². The van der Waals surface area contributed by atoms with Crippen LogP contribution in [0.15, 0.2) is 21.7 Å². The first-order chi connectivity index (χ1) is 7.65. The van der Waals surface area contributed by atoms with Gasteiger partial charge >= 0.3 is 5.69 Å². The SMILES string of the molecule is COc1cc2[nH]c(=O)[nH]c(=O)c2cc1OC.Cl.Cl. The van der Waals surface area contributed by atoms with Gasteiger partial charge in [-0.2, -0.15) is 0 Å². The Balaban J connectivity index is 0.00000144. The van der Waals surface area contributed by atoms with Gasteiger partial charge in [0.2, 0.25) is 0 Å². The first-order valence-corrected chi connectivity index (χ1v) is 4.54. The van der Waals surface area contributed by atoms with E-state index in [-0.39, 0.29) is 24.8 Å². The van der Waals surface area contributed by atoms with Crippen LogP contribution < -0.4 is 20.7 Å². The predicted molar refractivity (Wildman–Crippen MR) is 72.8 cm³/mol. The molecule has 2 aromatic rings. The molecule has 18 heavy (non-hydrogen) atoms. The van der Waals surface area contributed by atoms with Crippen molar-refractivity contribution in [2.24, 2.45) is 0 Å². The van der Waals surface area contributed by atoms with Crippen LogP contribution in [0.4, 0.5) is 0 Å². The van der Waals surface area contributed by atoms with Crippen molar-refractivity contribution < 1.29 is 9.47 Å². The summed E-state index contributed by atoms with van der Waals surface area (Å²) >= 11 is 0. The molecule has 0 aliphatic heterocycles. The maximum atomic E-state index is 11.5. The van der Waals surface area contributed by atoms with E-state index >= 15 is 0 Å². The minimum absolute atomic E-state index is 0. The smallest absolute Gasteiger partial charge is 0.326 e. The number of hydrogen-bond donors (Lipinski definition) is 2. The molecule has 6 nitrogen and oxygen atoms in total. The molecule has 0 saturated heterocycles. The van der Waals surface area contributed by atoms with Crippen molar-refractivity contribution in [1.29, 1.82) is 0 Å². The Morgan fingerprint density at radius 2 is 1.50 bits per heavy atom. The molecule has 0 fully saturated rings. The number of fused-ring (bicyclic) bond motifs is 1. The molecule has 2 N–H and O–H groups in total. The molecule has 0 saturated carbocycles. The van der Waals surface area contributed by atoms with E-state index < -0.39 is 11.2 Å². The summed E-state index contributed by atoms with van der Waals surface area (Å²) in [5.74, 6) is 0.892. The summed E-state index contributed by atoms with van der Waals surface area (Å²) in [6.07, 6.45) is 0. The van der Waals surface area contributed by atoms with E-state index in [1.165, 1.54) is 20.3 Å². The first kappa shape index (κ1) is 16.3. The van der Waals surface area contributed by atoms with Gasteiger partial charge in [0.1, 0.15) is 0 Å². The molecule has 0 aliphatic rings. The lowest BCUT2D eigenvalue weighted by molar-refractivity contribution is 0.355. The van der Waals surface area contributed by atoms with E-state index in [0.717, 1.165) is 0 Å². The van der Waals surface area contributed by atoms with E-state index in [1.807, 2.05) is 0 Å². The lowest BCUT2D eigenvalue weighted by atomic mass is 10.2. The monoisotopic (exact) mass is 294 g/mol. The third kappa shape index (κ3) is 2.77. The number of methoxy groups -OCH3 is 2. The minimum atomic E-state index is -0.551. The van der Waals surface area contributed by atoms with Crippen molar-refractivity contribution in [2.45, 2.75) is 0 Å². The van der Waals surface area contributed by atoms with Gasteiger partial charge in [-0.15, -0.1) is 24.8 Å². The minimum Gasteiger partial charge on any atom is -0.493 e. The largest absolute Gasteiger partial charge is 0.493 e. The van der Waals surface area contributed by atoms with Gasteiger partial charge in [0.25, 0.3) is 5.56 Å². The summed E-state index contributed by atoms with van der Waals surface area (Å²) in [5.41, 5.74) is -0.601. The van der Waals surface area contributed by atoms with Crippen molar-refractivity contribution in [1.82, 2.24) is 9.97 Å². The van der Waals surface area contributed by atoms with Crippen LogP contribution in [-0.2, 0) is 0 Å². The average molecular weight is 295 g/mol. The molecule has 2 rings (SSSR count). The zero-order valence-electron chi connectivity index (χ0n) is 9.60. The number of aromatic amines is 2. The highest BCUT2D eigenvalue weighted by molar-refractivity contribution is 5.85. The number of rotatable bonds is 2. The Hall–Kier alpha value is -1.66. The number of benzene rings is 1. The van der Waals surface area contributed by atoms with Crippen molar-refractivity contribution in [3.63, 3.8) is 0 Å². The van der Waals surface area contributed by atoms with E-state index in [0.29, 0.717) is 22.4 Å². The Kier molecular flexibility index (Phi) is 5.74. The summed E-state index contributed by atoms with van der Waals surface area (Å²) in [5, 5.41) is 0.345. The molecule has 0 bridgehead atoms. The van der Waals surface area contributed by atoms with Crippen LogP contribution in [0.1, 0.15) is 0 Å². The molecule has 0 atom stereocenters. The fourth-order valence-corrected chi connectivity index (χ4v) is 1.49. The molecule has 1 heterocycles. The van der Waals surface area contributed by atoms with E-state index in [4.69, 9.17) is 9.47 Å². The van der Waals surface area contributed by atoms with Gasteiger partial charge in [-0.3, -0.25) is 9.78 Å².